The minimum absolute atomic E-state index is 0.0559. The van der Waals surface area contributed by atoms with Crippen molar-refractivity contribution >= 4 is 29.1 Å². The maximum absolute atomic E-state index is 12.1. The van der Waals surface area contributed by atoms with E-state index >= 15 is 0 Å². The van der Waals surface area contributed by atoms with E-state index in [1.165, 1.54) is 17.3 Å². The molecule has 0 saturated carbocycles. The predicted octanol–water partition coefficient (Wildman–Crippen LogP) is 4.28. The number of thioether (sulfide) groups is 1. The topological polar surface area (TPSA) is 53.8 Å². The van der Waals surface area contributed by atoms with Crippen molar-refractivity contribution < 1.29 is 4.79 Å². The van der Waals surface area contributed by atoms with Gasteiger partial charge in [-0.1, -0.05) is 87.1 Å². The van der Waals surface area contributed by atoms with Crippen molar-refractivity contribution in [3.63, 3.8) is 0 Å². The summed E-state index contributed by atoms with van der Waals surface area (Å²) >= 11 is 1.39. The van der Waals surface area contributed by atoms with Crippen LogP contribution in [-0.4, -0.2) is 17.3 Å². The lowest BCUT2D eigenvalue weighted by atomic mass is 9.87. The average molecular weight is 351 g/mol. The molecule has 5 heteroatoms. The van der Waals surface area contributed by atoms with Gasteiger partial charge in [-0.3, -0.25) is 4.79 Å². The number of rotatable bonds is 3. The fourth-order valence-corrected chi connectivity index (χ4v) is 3.41. The molecular weight excluding hydrogens is 330 g/mol. The van der Waals surface area contributed by atoms with Crippen molar-refractivity contribution in [3.8, 4) is 0 Å². The highest BCUT2D eigenvalue weighted by atomic mass is 32.2. The predicted molar refractivity (Wildman–Crippen MR) is 105 cm³/mol. The second-order valence-electron chi connectivity index (χ2n) is 6.92. The van der Waals surface area contributed by atoms with Gasteiger partial charge in [-0.2, -0.15) is 5.10 Å². The lowest BCUT2D eigenvalue weighted by molar-refractivity contribution is -0.118. The van der Waals surface area contributed by atoms with Crippen LogP contribution in [0, 0.1) is 0 Å². The molecule has 25 heavy (non-hydrogen) atoms. The second kappa shape index (κ2) is 7.23. The van der Waals surface area contributed by atoms with E-state index in [0.29, 0.717) is 5.17 Å². The highest BCUT2D eigenvalue weighted by molar-refractivity contribution is 8.15. The molecule has 0 spiro atoms. The molecule has 0 radical (unpaired) electrons. The Labute approximate surface area is 152 Å². The largest absolute Gasteiger partial charge is 0.302 e. The number of nitrogens with one attached hydrogen (secondary N) is 1. The highest BCUT2D eigenvalue weighted by Gasteiger charge is 2.31. The van der Waals surface area contributed by atoms with Crippen molar-refractivity contribution in [2.75, 3.05) is 0 Å². The van der Waals surface area contributed by atoms with Crippen molar-refractivity contribution in [2.45, 2.75) is 31.4 Å². The molecule has 2 aromatic rings. The Morgan fingerprint density at radius 3 is 2.36 bits per heavy atom. The lowest BCUT2D eigenvalue weighted by Gasteiger charge is -2.18. The van der Waals surface area contributed by atoms with Crippen molar-refractivity contribution in [1.82, 2.24) is 5.32 Å². The summed E-state index contributed by atoms with van der Waals surface area (Å²) in [5.41, 5.74) is 3.36. The van der Waals surface area contributed by atoms with Crippen LogP contribution in [0.25, 0.3) is 0 Å². The van der Waals surface area contributed by atoms with Gasteiger partial charge in [0.05, 0.1) is 6.21 Å². The van der Waals surface area contributed by atoms with Crippen LogP contribution in [0.15, 0.2) is 64.8 Å². The fourth-order valence-electron chi connectivity index (χ4n) is 2.48. The zero-order chi connectivity index (χ0) is 17.9. The minimum Gasteiger partial charge on any atom is -0.302 e. The van der Waals surface area contributed by atoms with Crippen LogP contribution in [-0.2, 0) is 10.2 Å². The van der Waals surface area contributed by atoms with Crippen LogP contribution in [0.3, 0.4) is 0 Å². The van der Waals surface area contributed by atoms with E-state index in [1.54, 1.807) is 6.21 Å². The zero-order valence-corrected chi connectivity index (χ0v) is 15.4. The van der Waals surface area contributed by atoms with Crippen molar-refractivity contribution in [3.05, 3.63) is 71.3 Å². The monoisotopic (exact) mass is 351 g/mol. The molecule has 1 saturated heterocycles. The molecule has 0 bridgehead atoms. The number of benzene rings is 2. The van der Waals surface area contributed by atoms with Gasteiger partial charge in [0.25, 0.3) is 0 Å². The molecule has 1 amide bonds. The first-order valence-electron chi connectivity index (χ1n) is 8.17. The van der Waals surface area contributed by atoms with Crippen molar-refractivity contribution in [1.29, 1.82) is 0 Å². The van der Waals surface area contributed by atoms with Gasteiger partial charge in [0.1, 0.15) is 5.25 Å². The SMILES string of the molecule is CC(C)(C)c1ccc(/C=N\N=C2/NC(=O)[C@@H](c3ccccc3)S2)cc1. The second-order valence-corrected chi connectivity index (χ2v) is 8.01. The Morgan fingerprint density at radius 1 is 1.04 bits per heavy atom. The molecule has 1 heterocycles. The fraction of sp³-hybridized carbons (Fsp3) is 0.250. The van der Waals surface area contributed by atoms with Crippen LogP contribution in [0.4, 0.5) is 0 Å². The van der Waals surface area contributed by atoms with E-state index in [1.807, 2.05) is 42.5 Å². The third kappa shape index (κ3) is 4.37. The van der Waals surface area contributed by atoms with E-state index in [9.17, 15) is 4.79 Å². The highest BCUT2D eigenvalue weighted by Crippen LogP contribution is 2.34. The van der Waals surface area contributed by atoms with Gasteiger partial charge in [-0.25, -0.2) is 0 Å². The van der Waals surface area contributed by atoms with E-state index < -0.39 is 0 Å². The van der Waals surface area contributed by atoms with Gasteiger partial charge in [0, 0.05) is 0 Å². The summed E-state index contributed by atoms with van der Waals surface area (Å²) in [4.78, 5) is 12.1. The molecular formula is C20H21N3OS. The summed E-state index contributed by atoms with van der Waals surface area (Å²) in [7, 11) is 0. The number of carbonyl (C=O) groups excluding carboxylic acids is 1. The van der Waals surface area contributed by atoms with Gasteiger partial charge in [-0.15, -0.1) is 5.10 Å². The van der Waals surface area contributed by atoms with Crippen LogP contribution >= 0.6 is 11.8 Å². The molecule has 4 nitrogen and oxygen atoms in total. The molecule has 1 aliphatic heterocycles. The molecule has 3 rings (SSSR count). The number of amides is 1. The normalized spacial score (nSPS) is 19.6. The van der Waals surface area contributed by atoms with Crippen LogP contribution in [0.5, 0.6) is 0 Å². The lowest BCUT2D eigenvalue weighted by Crippen LogP contribution is -2.21. The number of nitrogens with zero attached hydrogens (tertiary/aromatic N) is 2. The molecule has 128 valence electrons. The Bertz CT molecular complexity index is 805. The molecule has 1 atom stereocenters. The molecule has 1 fully saturated rings. The first-order valence-corrected chi connectivity index (χ1v) is 9.05. The molecule has 1 N–H and O–H groups in total. The summed E-state index contributed by atoms with van der Waals surface area (Å²) in [6.07, 6.45) is 1.70. The summed E-state index contributed by atoms with van der Waals surface area (Å²) in [5, 5.41) is 11.3. The van der Waals surface area contributed by atoms with Gasteiger partial charge in [0.2, 0.25) is 5.91 Å². The van der Waals surface area contributed by atoms with Gasteiger partial charge in [0.15, 0.2) is 5.17 Å². The quantitative estimate of drug-likeness (QED) is 0.663. The Balaban J connectivity index is 1.66. The zero-order valence-electron chi connectivity index (χ0n) is 14.6. The van der Waals surface area contributed by atoms with Crippen LogP contribution < -0.4 is 5.32 Å². The number of hydrogen-bond donors (Lipinski definition) is 1. The Kier molecular flexibility index (Phi) is 5.04. The summed E-state index contributed by atoms with van der Waals surface area (Å²) in [6.45, 7) is 6.56. The first-order chi connectivity index (χ1) is 11.9. The third-order valence-corrected chi connectivity index (χ3v) is 5.06. The number of carbonyl (C=O) groups is 1. The number of hydrogen-bond acceptors (Lipinski definition) is 4. The van der Waals surface area contributed by atoms with E-state index in [2.05, 4.69) is 48.4 Å². The molecule has 2 aromatic carbocycles. The average Bonchev–Trinajstić information content (AvgIpc) is 2.96. The van der Waals surface area contributed by atoms with E-state index in [4.69, 9.17) is 0 Å². The standard InChI is InChI=1S/C20H21N3OS/c1-20(2,3)16-11-9-14(10-12-16)13-21-23-19-22-18(24)17(25-19)15-7-5-4-6-8-15/h4-13,17H,1-3H3,(H,22,23,24)/b21-13-/t17-/m1/s1. The Morgan fingerprint density at radius 2 is 1.72 bits per heavy atom. The maximum Gasteiger partial charge on any atom is 0.244 e. The van der Waals surface area contributed by atoms with Crippen molar-refractivity contribution in [2.24, 2.45) is 10.2 Å². The van der Waals surface area contributed by atoms with Gasteiger partial charge in [-0.05, 0) is 22.1 Å². The molecule has 0 aliphatic carbocycles. The molecule has 0 aromatic heterocycles. The first kappa shape index (κ1) is 17.4. The van der Waals surface area contributed by atoms with E-state index in [-0.39, 0.29) is 16.6 Å². The third-order valence-electron chi connectivity index (χ3n) is 3.93. The van der Waals surface area contributed by atoms with Crippen LogP contribution in [0.1, 0.15) is 42.7 Å². The summed E-state index contributed by atoms with van der Waals surface area (Å²) in [5.74, 6) is -0.0559. The Hall–Kier alpha value is -2.40. The van der Waals surface area contributed by atoms with Crippen LogP contribution in [0.2, 0.25) is 0 Å². The maximum atomic E-state index is 12.1. The molecule has 0 unspecified atom stereocenters. The number of amidine groups is 1. The van der Waals surface area contributed by atoms with E-state index in [0.717, 1.165) is 11.1 Å². The van der Waals surface area contributed by atoms with Gasteiger partial charge < -0.3 is 5.32 Å². The van der Waals surface area contributed by atoms with Gasteiger partial charge >= 0.3 is 0 Å². The smallest absolute Gasteiger partial charge is 0.244 e. The minimum atomic E-state index is -0.263. The molecule has 1 aliphatic rings. The summed E-state index contributed by atoms with van der Waals surface area (Å²) in [6, 6.07) is 17.9. The summed E-state index contributed by atoms with van der Waals surface area (Å²) < 4.78 is 0.